The highest BCUT2D eigenvalue weighted by Crippen LogP contribution is 2.41. The zero-order valence-corrected chi connectivity index (χ0v) is 11.7. The summed E-state index contributed by atoms with van der Waals surface area (Å²) in [6.07, 6.45) is 11.4. The largest absolute Gasteiger partial charge is 0.331 e. The van der Waals surface area contributed by atoms with Gasteiger partial charge in [-0.2, -0.15) is 0 Å². The number of rotatable bonds is 2. The number of nitrogens with zero attached hydrogens (tertiary/aromatic N) is 2. The number of pyridine rings is 1. The van der Waals surface area contributed by atoms with Crippen molar-refractivity contribution in [2.24, 2.45) is 5.92 Å². The van der Waals surface area contributed by atoms with Crippen LogP contribution < -0.4 is 0 Å². The molecule has 3 heterocycles. The minimum Gasteiger partial charge on any atom is -0.331 e. The van der Waals surface area contributed by atoms with E-state index in [-0.39, 0.29) is 5.91 Å². The Kier molecular flexibility index (Phi) is 2.86. The first kappa shape index (κ1) is 12.1. The molecule has 3 nitrogen and oxygen atoms in total. The van der Waals surface area contributed by atoms with Crippen molar-refractivity contribution in [3.63, 3.8) is 0 Å². The van der Waals surface area contributed by atoms with Crippen LogP contribution in [0.1, 0.15) is 49.0 Å². The number of aromatic nitrogens is 1. The maximum Gasteiger partial charge on any atom is 0.272 e. The van der Waals surface area contributed by atoms with Gasteiger partial charge >= 0.3 is 0 Å². The second-order valence-electron chi connectivity index (χ2n) is 6.38. The van der Waals surface area contributed by atoms with Crippen LogP contribution in [0.25, 0.3) is 0 Å². The average molecular weight is 268 g/mol. The Labute approximate surface area is 119 Å². The Balaban J connectivity index is 1.54. The number of hydrogen-bond acceptors (Lipinski definition) is 2. The zero-order valence-electron chi connectivity index (χ0n) is 11.7. The molecule has 1 saturated carbocycles. The quantitative estimate of drug-likeness (QED) is 0.772. The van der Waals surface area contributed by atoms with Crippen LogP contribution >= 0.6 is 0 Å². The topological polar surface area (TPSA) is 33.2 Å². The lowest BCUT2D eigenvalue weighted by molar-refractivity contribution is 0.0628. The van der Waals surface area contributed by atoms with Gasteiger partial charge in [0.25, 0.3) is 5.91 Å². The Morgan fingerprint density at radius 3 is 2.50 bits per heavy atom. The number of carbonyl (C=O) groups is 1. The summed E-state index contributed by atoms with van der Waals surface area (Å²) in [5.74, 6) is 0.978. The van der Waals surface area contributed by atoms with Gasteiger partial charge in [0.15, 0.2) is 0 Å². The molecule has 3 heteroatoms. The summed E-state index contributed by atoms with van der Waals surface area (Å²) >= 11 is 0. The van der Waals surface area contributed by atoms with Crippen LogP contribution in [0.15, 0.2) is 36.0 Å². The molecule has 2 saturated heterocycles. The van der Waals surface area contributed by atoms with Gasteiger partial charge in [0, 0.05) is 18.3 Å². The highest BCUT2D eigenvalue weighted by molar-refractivity contribution is 5.93. The summed E-state index contributed by atoms with van der Waals surface area (Å²) in [6, 6.07) is 6.40. The van der Waals surface area contributed by atoms with E-state index < -0.39 is 0 Å². The molecule has 0 radical (unpaired) electrons. The van der Waals surface area contributed by atoms with Crippen LogP contribution in [0.5, 0.6) is 0 Å². The van der Waals surface area contributed by atoms with Crippen molar-refractivity contribution in [1.29, 1.82) is 0 Å². The van der Waals surface area contributed by atoms with Gasteiger partial charge in [0.1, 0.15) is 5.69 Å². The molecule has 0 N–H and O–H groups in total. The van der Waals surface area contributed by atoms with Crippen molar-refractivity contribution in [3.05, 3.63) is 41.7 Å². The minimum atomic E-state index is 0.128. The molecule has 1 aromatic heterocycles. The van der Waals surface area contributed by atoms with E-state index in [4.69, 9.17) is 0 Å². The van der Waals surface area contributed by atoms with E-state index in [1.807, 2.05) is 18.2 Å². The summed E-state index contributed by atoms with van der Waals surface area (Å²) < 4.78 is 0. The van der Waals surface area contributed by atoms with E-state index in [0.717, 1.165) is 31.6 Å². The first-order chi connectivity index (χ1) is 9.81. The Bertz CT molecular complexity index is 531. The van der Waals surface area contributed by atoms with E-state index in [0.29, 0.717) is 17.8 Å². The third kappa shape index (κ3) is 2.15. The normalized spacial score (nSPS) is 28.6. The third-order valence-electron chi connectivity index (χ3n) is 4.83. The highest BCUT2D eigenvalue weighted by atomic mass is 16.2. The smallest absolute Gasteiger partial charge is 0.272 e. The van der Waals surface area contributed by atoms with Crippen molar-refractivity contribution < 1.29 is 4.79 Å². The van der Waals surface area contributed by atoms with Crippen molar-refractivity contribution in [1.82, 2.24) is 9.88 Å². The lowest BCUT2D eigenvalue weighted by Crippen LogP contribution is -2.45. The van der Waals surface area contributed by atoms with Crippen LogP contribution in [0, 0.1) is 5.92 Å². The zero-order chi connectivity index (χ0) is 13.5. The SMILES string of the molecule is O=C(c1ccccn1)N1C2CCC1CC(=CC1CC1)C2. The molecule has 20 heavy (non-hydrogen) atoms. The molecule has 1 amide bonds. The molecule has 0 aromatic carbocycles. The maximum atomic E-state index is 12.6. The second-order valence-corrected chi connectivity index (χ2v) is 6.38. The Hall–Kier alpha value is -1.64. The predicted octanol–water partition coefficient (Wildman–Crippen LogP) is 3.19. The van der Waals surface area contributed by atoms with Crippen LogP contribution in [0.4, 0.5) is 0 Å². The molecule has 104 valence electrons. The molecule has 4 rings (SSSR count). The first-order valence-corrected chi connectivity index (χ1v) is 7.74. The second kappa shape index (κ2) is 4.72. The number of amides is 1. The molecule has 0 spiro atoms. The fraction of sp³-hybridized carbons (Fsp3) is 0.529. The summed E-state index contributed by atoms with van der Waals surface area (Å²) in [4.78, 5) is 19.0. The standard InChI is InChI=1S/C17H20N2O/c20-17(16-3-1-2-8-18-16)19-14-6-7-15(19)11-13(10-14)9-12-4-5-12/h1-3,8-9,12,14-15H,4-7,10-11H2. The van der Waals surface area contributed by atoms with Crippen LogP contribution in [-0.2, 0) is 0 Å². The number of fused-ring (bicyclic) bond motifs is 2. The van der Waals surface area contributed by atoms with Gasteiger partial charge < -0.3 is 4.90 Å². The molecular formula is C17H20N2O. The van der Waals surface area contributed by atoms with Gasteiger partial charge in [0.2, 0.25) is 0 Å². The van der Waals surface area contributed by atoms with Gasteiger partial charge in [-0.05, 0) is 56.6 Å². The maximum absolute atomic E-state index is 12.6. The van der Waals surface area contributed by atoms with E-state index in [1.165, 1.54) is 12.8 Å². The molecular weight excluding hydrogens is 248 g/mol. The number of allylic oxidation sites excluding steroid dienone is 1. The first-order valence-electron chi connectivity index (χ1n) is 7.74. The third-order valence-corrected chi connectivity index (χ3v) is 4.83. The summed E-state index contributed by atoms with van der Waals surface area (Å²) in [5, 5.41) is 0. The van der Waals surface area contributed by atoms with Crippen molar-refractivity contribution in [2.45, 2.75) is 50.6 Å². The molecule has 3 aliphatic rings. The van der Waals surface area contributed by atoms with Gasteiger partial charge in [-0.3, -0.25) is 9.78 Å². The minimum absolute atomic E-state index is 0.128. The predicted molar refractivity (Wildman–Crippen MR) is 77.3 cm³/mol. The van der Waals surface area contributed by atoms with Crippen molar-refractivity contribution >= 4 is 5.91 Å². The number of hydrogen-bond donors (Lipinski definition) is 0. The fourth-order valence-electron chi connectivity index (χ4n) is 3.74. The van der Waals surface area contributed by atoms with Gasteiger partial charge in [0.05, 0.1) is 0 Å². The lowest BCUT2D eigenvalue weighted by atomic mass is 9.95. The molecule has 3 fully saturated rings. The molecule has 2 atom stereocenters. The van der Waals surface area contributed by atoms with Crippen LogP contribution in [-0.4, -0.2) is 27.9 Å². The van der Waals surface area contributed by atoms with E-state index in [9.17, 15) is 4.79 Å². The molecule has 2 bridgehead atoms. The summed E-state index contributed by atoms with van der Waals surface area (Å²) in [7, 11) is 0. The monoisotopic (exact) mass is 268 g/mol. The highest BCUT2D eigenvalue weighted by Gasteiger charge is 2.42. The Morgan fingerprint density at radius 2 is 1.90 bits per heavy atom. The lowest BCUT2D eigenvalue weighted by Gasteiger charge is -2.36. The van der Waals surface area contributed by atoms with Crippen molar-refractivity contribution in [2.75, 3.05) is 0 Å². The van der Waals surface area contributed by atoms with Gasteiger partial charge in [-0.25, -0.2) is 0 Å². The van der Waals surface area contributed by atoms with Crippen LogP contribution in [0.2, 0.25) is 0 Å². The molecule has 1 aromatic rings. The molecule has 1 aliphatic carbocycles. The van der Waals surface area contributed by atoms with Crippen LogP contribution in [0.3, 0.4) is 0 Å². The Morgan fingerprint density at radius 1 is 1.15 bits per heavy atom. The van der Waals surface area contributed by atoms with Gasteiger partial charge in [-0.15, -0.1) is 0 Å². The summed E-state index contributed by atoms with van der Waals surface area (Å²) in [6.45, 7) is 0. The van der Waals surface area contributed by atoms with E-state index in [2.05, 4.69) is 16.0 Å². The molecule has 2 unspecified atom stereocenters. The summed E-state index contributed by atoms with van der Waals surface area (Å²) in [5.41, 5.74) is 2.20. The van der Waals surface area contributed by atoms with E-state index in [1.54, 1.807) is 11.8 Å². The fourth-order valence-corrected chi connectivity index (χ4v) is 3.74. The van der Waals surface area contributed by atoms with Crippen molar-refractivity contribution in [3.8, 4) is 0 Å². The van der Waals surface area contributed by atoms with Gasteiger partial charge in [-0.1, -0.05) is 17.7 Å². The van der Waals surface area contributed by atoms with E-state index >= 15 is 0 Å². The number of piperidine rings is 1. The average Bonchev–Trinajstić information content (AvgIpc) is 3.24. The molecule has 2 aliphatic heterocycles. The number of carbonyl (C=O) groups excluding carboxylic acids is 1.